The Morgan fingerprint density at radius 3 is 2.45 bits per heavy atom. The Bertz CT molecular complexity index is 753. The zero-order chi connectivity index (χ0) is 20.5. The lowest BCUT2D eigenvalue weighted by molar-refractivity contribution is -0.146. The van der Waals surface area contributed by atoms with Crippen LogP contribution >= 0.6 is 0 Å². The smallest absolute Gasteiger partial charge is 0.253 e. The Morgan fingerprint density at radius 1 is 1.10 bits per heavy atom. The molecule has 0 radical (unpaired) electrons. The lowest BCUT2D eigenvalue weighted by Gasteiger charge is -2.38. The SMILES string of the molecule is CN(CCCNC(=O)C1(O)CCCN(Cc2ccccc2)C1)Cc1ccccc1. The van der Waals surface area contributed by atoms with Crippen LogP contribution in [0.1, 0.15) is 30.4 Å². The molecule has 1 unspecified atom stereocenters. The summed E-state index contributed by atoms with van der Waals surface area (Å²) in [6, 6.07) is 20.6. The van der Waals surface area contributed by atoms with Gasteiger partial charge in [-0.2, -0.15) is 0 Å². The van der Waals surface area contributed by atoms with E-state index in [-0.39, 0.29) is 5.91 Å². The average molecular weight is 396 g/mol. The van der Waals surface area contributed by atoms with Gasteiger partial charge in [-0.05, 0) is 50.5 Å². The van der Waals surface area contributed by atoms with Crippen LogP contribution in [0, 0.1) is 0 Å². The van der Waals surface area contributed by atoms with Crippen molar-refractivity contribution >= 4 is 5.91 Å². The Balaban J connectivity index is 1.39. The summed E-state index contributed by atoms with van der Waals surface area (Å²) in [5.41, 5.74) is 1.20. The van der Waals surface area contributed by atoms with Crippen molar-refractivity contribution in [1.82, 2.24) is 15.1 Å². The Labute approximate surface area is 174 Å². The number of benzene rings is 2. The molecule has 1 aliphatic heterocycles. The number of nitrogens with one attached hydrogen (secondary N) is 1. The van der Waals surface area contributed by atoms with Crippen LogP contribution in [0.4, 0.5) is 0 Å². The summed E-state index contributed by atoms with van der Waals surface area (Å²) in [7, 11) is 2.09. The summed E-state index contributed by atoms with van der Waals surface area (Å²) < 4.78 is 0. The molecule has 5 nitrogen and oxygen atoms in total. The van der Waals surface area contributed by atoms with Crippen molar-refractivity contribution in [3.63, 3.8) is 0 Å². The highest BCUT2D eigenvalue weighted by Crippen LogP contribution is 2.23. The number of likely N-dealkylation sites (tertiary alicyclic amines) is 1. The Morgan fingerprint density at radius 2 is 1.76 bits per heavy atom. The first-order chi connectivity index (χ1) is 14.0. The normalized spacial score (nSPS) is 20.0. The minimum atomic E-state index is -1.29. The van der Waals surface area contributed by atoms with Crippen LogP contribution < -0.4 is 5.32 Å². The summed E-state index contributed by atoms with van der Waals surface area (Å²) in [5.74, 6) is -0.235. The van der Waals surface area contributed by atoms with E-state index in [1.807, 2.05) is 24.3 Å². The molecule has 156 valence electrons. The third kappa shape index (κ3) is 6.67. The molecule has 5 heteroatoms. The van der Waals surface area contributed by atoms with Gasteiger partial charge in [-0.3, -0.25) is 9.69 Å². The topological polar surface area (TPSA) is 55.8 Å². The molecule has 0 aromatic heterocycles. The third-order valence-corrected chi connectivity index (χ3v) is 5.52. The molecule has 29 heavy (non-hydrogen) atoms. The van der Waals surface area contributed by atoms with Crippen molar-refractivity contribution in [2.75, 3.05) is 33.2 Å². The van der Waals surface area contributed by atoms with Gasteiger partial charge in [-0.15, -0.1) is 0 Å². The second-order valence-electron chi connectivity index (χ2n) is 8.16. The van der Waals surface area contributed by atoms with Gasteiger partial charge in [0.05, 0.1) is 0 Å². The van der Waals surface area contributed by atoms with Gasteiger partial charge in [0.25, 0.3) is 5.91 Å². The van der Waals surface area contributed by atoms with Gasteiger partial charge in [-0.1, -0.05) is 60.7 Å². The van der Waals surface area contributed by atoms with Crippen LogP contribution in [0.25, 0.3) is 0 Å². The number of rotatable bonds is 9. The fraction of sp³-hybridized carbons (Fsp3) is 0.458. The largest absolute Gasteiger partial charge is 0.379 e. The van der Waals surface area contributed by atoms with Gasteiger partial charge in [0, 0.05) is 26.2 Å². The zero-order valence-corrected chi connectivity index (χ0v) is 17.4. The van der Waals surface area contributed by atoms with Crippen molar-refractivity contribution in [1.29, 1.82) is 0 Å². The molecule has 1 amide bonds. The number of hydrogen-bond donors (Lipinski definition) is 2. The van der Waals surface area contributed by atoms with Crippen molar-refractivity contribution in [3.05, 3.63) is 71.8 Å². The fourth-order valence-corrected chi connectivity index (χ4v) is 3.97. The van der Waals surface area contributed by atoms with Crippen molar-refractivity contribution in [2.24, 2.45) is 0 Å². The van der Waals surface area contributed by atoms with Crippen LogP contribution in [0.15, 0.2) is 60.7 Å². The van der Waals surface area contributed by atoms with E-state index >= 15 is 0 Å². The highest BCUT2D eigenvalue weighted by atomic mass is 16.3. The predicted octanol–water partition coefficient (Wildman–Crippen LogP) is 2.65. The summed E-state index contributed by atoms with van der Waals surface area (Å²) in [4.78, 5) is 17.1. The molecular weight excluding hydrogens is 362 g/mol. The van der Waals surface area contributed by atoms with Gasteiger partial charge in [0.15, 0.2) is 5.60 Å². The molecule has 1 saturated heterocycles. The van der Waals surface area contributed by atoms with Crippen molar-refractivity contribution in [2.45, 2.75) is 38.0 Å². The summed E-state index contributed by atoms with van der Waals surface area (Å²) in [6.07, 6.45) is 2.22. The van der Waals surface area contributed by atoms with Crippen LogP contribution in [0.2, 0.25) is 0 Å². The molecule has 1 atom stereocenters. The lowest BCUT2D eigenvalue weighted by Crippen LogP contribution is -2.57. The fourth-order valence-electron chi connectivity index (χ4n) is 3.97. The minimum Gasteiger partial charge on any atom is -0.379 e. The van der Waals surface area contributed by atoms with E-state index in [4.69, 9.17) is 0 Å². The molecule has 3 rings (SSSR count). The molecule has 0 bridgehead atoms. The number of aliphatic hydroxyl groups is 1. The van der Waals surface area contributed by atoms with E-state index in [1.54, 1.807) is 0 Å². The minimum absolute atomic E-state index is 0.235. The van der Waals surface area contributed by atoms with E-state index in [9.17, 15) is 9.90 Å². The molecule has 1 heterocycles. The molecular formula is C24H33N3O2. The molecule has 1 fully saturated rings. The van der Waals surface area contributed by atoms with Gasteiger partial charge in [0.1, 0.15) is 0 Å². The van der Waals surface area contributed by atoms with Crippen LogP contribution in [-0.4, -0.2) is 59.6 Å². The second kappa shape index (κ2) is 10.5. The van der Waals surface area contributed by atoms with Crippen molar-refractivity contribution < 1.29 is 9.90 Å². The van der Waals surface area contributed by atoms with Gasteiger partial charge >= 0.3 is 0 Å². The third-order valence-electron chi connectivity index (χ3n) is 5.52. The first kappa shape index (κ1) is 21.5. The zero-order valence-electron chi connectivity index (χ0n) is 17.4. The molecule has 1 aliphatic rings. The monoisotopic (exact) mass is 395 g/mol. The van der Waals surface area contributed by atoms with Gasteiger partial charge in [-0.25, -0.2) is 0 Å². The maximum Gasteiger partial charge on any atom is 0.253 e. The number of piperidine rings is 1. The van der Waals surface area contributed by atoms with Gasteiger partial charge in [0.2, 0.25) is 0 Å². The number of hydrogen-bond acceptors (Lipinski definition) is 4. The molecule has 2 N–H and O–H groups in total. The maximum absolute atomic E-state index is 12.7. The molecule has 0 spiro atoms. The van der Waals surface area contributed by atoms with E-state index in [1.165, 1.54) is 11.1 Å². The number of amides is 1. The molecule has 0 aliphatic carbocycles. The van der Waals surface area contributed by atoms with Crippen LogP contribution in [0.5, 0.6) is 0 Å². The maximum atomic E-state index is 12.7. The quantitative estimate of drug-likeness (QED) is 0.641. The predicted molar refractivity (Wildman–Crippen MR) is 116 cm³/mol. The highest BCUT2D eigenvalue weighted by Gasteiger charge is 2.39. The van der Waals surface area contributed by atoms with E-state index in [2.05, 4.69) is 58.6 Å². The second-order valence-corrected chi connectivity index (χ2v) is 8.16. The van der Waals surface area contributed by atoms with Gasteiger partial charge < -0.3 is 15.3 Å². The first-order valence-electron chi connectivity index (χ1n) is 10.5. The number of β-amino-alcohol motifs (C(OH)–C–C–N with tert-alkyl or cyclic N) is 1. The van der Waals surface area contributed by atoms with E-state index in [0.29, 0.717) is 19.5 Å². The average Bonchev–Trinajstić information content (AvgIpc) is 2.72. The number of carbonyl (C=O) groups excluding carboxylic acids is 1. The highest BCUT2D eigenvalue weighted by molar-refractivity contribution is 5.85. The molecule has 2 aromatic rings. The standard InChI is InChI=1S/C24H33N3O2/c1-26(18-21-10-4-2-5-11-21)16-9-15-25-23(28)24(29)14-8-17-27(20-24)19-22-12-6-3-7-13-22/h2-7,10-13,29H,8-9,14-20H2,1H3,(H,25,28). The van der Waals surface area contributed by atoms with E-state index < -0.39 is 5.60 Å². The van der Waals surface area contributed by atoms with E-state index in [0.717, 1.165) is 39.0 Å². The number of nitrogens with zero attached hydrogens (tertiary/aromatic N) is 2. The first-order valence-corrected chi connectivity index (χ1v) is 10.5. The van der Waals surface area contributed by atoms with Crippen molar-refractivity contribution in [3.8, 4) is 0 Å². The Hall–Kier alpha value is -2.21. The summed E-state index contributed by atoms with van der Waals surface area (Å²) >= 11 is 0. The Kier molecular flexibility index (Phi) is 7.81. The summed E-state index contributed by atoms with van der Waals surface area (Å²) in [6.45, 7) is 4.44. The van der Waals surface area contributed by atoms with Crippen LogP contribution in [0.3, 0.4) is 0 Å². The number of carbonyl (C=O) groups is 1. The lowest BCUT2D eigenvalue weighted by atomic mass is 9.91. The van der Waals surface area contributed by atoms with Crippen LogP contribution in [-0.2, 0) is 17.9 Å². The summed E-state index contributed by atoms with van der Waals surface area (Å²) in [5, 5.41) is 13.9. The molecule has 2 aromatic carbocycles. The molecule has 0 saturated carbocycles.